The van der Waals surface area contributed by atoms with E-state index in [0.717, 1.165) is 11.3 Å². The normalized spacial score (nSPS) is 15.8. The summed E-state index contributed by atoms with van der Waals surface area (Å²) in [6.07, 6.45) is 0. The molecule has 1 atom stereocenters. The van der Waals surface area contributed by atoms with Crippen molar-refractivity contribution >= 4 is 39.5 Å². The van der Waals surface area contributed by atoms with Gasteiger partial charge in [-0.15, -0.1) is 5.10 Å². The SMILES string of the molecule is CCOc1c(Br)cc(C2C(C(N)=O)=C(C)Nc3nc(SCC)nn32)cc1OC. The highest BCUT2D eigenvalue weighted by Crippen LogP contribution is 2.42. The largest absolute Gasteiger partial charge is 0.493 e. The number of anilines is 1. The third-order valence-corrected chi connectivity index (χ3v) is 5.54. The summed E-state index contributed by atoms with van der Waals surface area (Å²) in [7, 11) is 1.57. The smallest absolute Gasteiger partial charge is 0.248 e. The maximum Gasteiger partial charge on any atom is 0.248 e. The molecule has 3 N–H and O–H groups in total. The number of carbonyl (C=O) groups excluding carboxylic acids is 1. The van der Waals surface area contributed by atoms with Gasteiger partial charge in [0.25, 0.3) is 0 Å². The average molecular weight is 468 g/mol. The third-order valence-electron chi connectivity index (χ3n) is 4.23. The van der Waals surface area contributed by atoms with E-state index < -0.39 is 11.9 Å². The zero-order valence-corrected chi connectivity index (χ0v) is 18.5. The van der Waals surface area contributed by atoms with E-state index in [4.69, 9.17) is 15.2 Å². The van der Waals surface area contributed by atoms with E-state index in [1.807, 2.05) is 26.0 Å². The van der Waals surface area contributed by atoms with Gasteiger partial charge in [-0.2, -0.15) is 4.98 Å². The van der Waals surface area contributed by atoms with Crippen LogP contribution in [0.1, 0.15) is 32.4 Å². The van der Waals surface area contributed by atoms with Crippen molar-refractivity contribution in [2.45, 2.75) is 32.0 Å². The Kier molecular flexibility index (Phi) is 6.19. The Balaban J connectivity index is 2.20. The fourth-order valence-electron chi connectivity index (χ4n) is 3.13. The molecule has 3 rings (SSSR count). The highest BCUT2D eigenvalue weighted by molar-refractivity contribution is 9.10. The van der Waals surface area contributed by atoms with Crippen molar-refractivity contribution < 1.29 is 14.3 Å². The lowest BCUT2D eigenvalue weighted by Crippen LogP contribution is -2.31. The lowest BCUT2D eigenvalue weighted by Gasteiger charge is -2.28. The van der Waals surface area contributed by atoms with Crippen molar-refractivity contribution in [2.24, 2.45) is 5.73 Å². The highest BCUT2D eigenvalue weighted by Gasteiger charge is 2.34. The van der Waals surface area contributed by atoms with Crippen LogP contribution in [-0.4, -0.2) is 40.1 Å². The van der Waals surface area contributed by atoms with Crippen molar-refractivity contribution in [1.82, 2.24) is 14.8 Å². The van der Waals surface area contributed by atoms with Gasteiger partial charge in [-0.25, -0.2) is 4.68 Å². The number of benzene rings is 1. The molecule has 0 aliphatic carbocycles. The Hall–Kier alpha value is -2.20. The number of nitrogens with two attached hydrogens (primary N) is 1. The standard InChI is InChI=1S/C18H22BrN5O3S/c1-5-27-15-11(19)7-10(8-12(15)26-4)14-13(16(20)25)9(3)21-17-22-18(28-6-2)23-24(14)17/h7-8,14H,5-6H2,1-4H3,(H2,20,25)(H,21,22,23). The van der Waals surface area contributed by atoms with E-state index in [1.165, 1.54) is 11.8 Å². The van der Waals surface area contributed by atoms with Gasteiger partial charge in [0, 0.05) is 5.70 Å². The Morgan fingerprint density at radius 1 is 1.43 bits per heavy atom. The summed E-state index contributed by atoms with van der Waals surface area (Å²) < 4.78 is 13.6. The van der Waals surface area contributed by atoms with E-state index in [2.05, 4.69) is 31.3 Å². The number of hydrogen-bond donors (Lipinski definition) is 2. The number of nitrogens with zero attached hydrogens (tertiary/aromatic N) is 3. The predicted octanol–water partition coefficient (Wildman–Crippen LogP) is 3.33. The van der Waals surface area contributed by atoms with E-state index in [-0.39, 0.29) is 0 Å². The molecule has 1 amide bonds. The molecular formula is C18H22BrN5O3S. The monoisotopic (exact) mass is 467 g/mol. The summed E-state index contributed by atoms with van der Waals surface area (Å²) in [5.74, 6) is 2.03. The van der Waals surface area contributed by atoms with Crippen molar-refractivity contribution in [3.8, 4) is 11.5 Å². The fraction of sp³-hybridized carbons (Fsp3) is 0.389. The molecule has 1 unspecified atom stereocenters. The first kappa shape index (κ1) is 20.5. The number of carbonyl (C=O) groups is 1. The lowest BCUT2D eigenvalue weighted by atomic mass is 9.95. The number of hydrogen-bond acceptors (Lipinski definition) is 7. The van der Waals surface area contributed by atoms with Crippen molar-refractivity contribution in [3.05, 3.63) is 33.4 Å². The molecule has 8 nitrogen and oxygen atoms in total. The van der Waals surface area contributed by atoms with Crippen LogP contribution in [0.5, 0.6) is 11.5 Å². The van der Waals surface area contributed by atoms with Crippen LogP contribution in [0.25, 0.3) is 0 Å². The Morgan fingerprint density at radius 2 is 2.18 bits per heavy atom. The second kappa shape index (κ2) is 8.44. The van der Waals surface area contributed by atoms with Gasteiger partial charge in [0.15, 0.2) is 11.5 Å². The molecule has 1 aliphatic rings. The number of fused-ring (bicyclic) bond motifs is 1. The van der Waals surface area contributed by atoms with Crippen molar-refractivity contribution in [2.75, 3.05) is 24.8 Å². The van der Waals surface area contributed by atoms with E-state index in [9.17, 15) is 4.79 Å². The zero-order chi connectivity index (χ0) is 20.4. The van der Waals surface area contributed by atoms with Crippen LogP contribution < -0.4 is 20.5 Å². The van der Waals surface area contributed by atoms with Gasteiger partial charge in [-0.3, -0.25) is 4.79 Å². The van der Waals surface area contributed by atoms with Crippen LogP contribution in [0.15, 0.2) is 33.0 Å². The first-order valence-corrected chi connectivity index (χ1v) is 10.6. The van der Waals surface area contributed by atoms with Crippen molar-refractivity contribution in [3.63, 3.8) is 0 Å². The molecule has 2 heterocycles. The fourth-order valence-corrected chi connectivity index (χ4v) is 4.26. The molecular weight excluding hydrogens is 446 g/mol. The minimum atomic E-state index is -0.534. The van der Waals surface area contributed by atoms with Crippen molar-refractivity contribution in [1.29, 1.82) is 0 Å². The summed E-state index contributed by atoms with van der Waals surface area (Å²) in [6, 6.07) is 3.19. The first-order chi connectivity index (χ1) is 13.4. The second-order valence-corrected chi connectivity index (χ2v) is 8.08. The zero-order valence-electron chi connectivity index (χ0n) is 16.1. The van der Waals surface area contributed by atoms with Gasteiger partial charge in [0.2, 0.25) is 17.0 Å². The highest BCUT2D eigenvalue weighted by atomic mass is 79.9. The molecule has 0 radical (unpaired) electrons. The molecule has 150 valence electrons. The molecule has 0 saturated heterocycles. The van der Waals surface area contributed by atoms with Crippen LogP contribution in [0.3, 0.4) is 0 Å². The molecule has 10 heteroatoms. The number of halogens is 1. The minimum Gasteiger partial charge on any atom is -0.493 e. The Labute approximate surface area is 176 Å². The van der Waals surface area contributed by atoms with Crippen LogP contribution in [0.4, 0.5) is 5.95 Å². The molecule has 0 fully saturated rings. The number of methoxy groups -OCH3 is 1. The van der Waals surface area contributed by atoms with Crippen LogP contribution >= 0.6 is 27.7 Å². The van der Waals surface area contributed by atoms with Crippen LogP contribution in [-0.2, 0) is 4.79 Å². The summed E-state index contributed by atoms with van der Waals surface area (Å²) in [4.78, 5) is 16.8. The Bertz CT molecular complexity index is 944. The maximum absolute atomic E-state index is 12.3. The number of primary amides is 1. The number of ether oxygens (including phenoxy) is 2. The maximum atomic E-state index is 12.3. The number of rotatable bonds is 7. The van der Waals surface area contributed by atoms with Gasteiger partial charge in [-0.1, -0.05) is 18.7 Å². The summed E-state index contributed by atoms with van der Waals surface area (Å²) >= 11 is 5.07. The molecule has 0 bridgehead atoms. The Morgan fingerprint density at radius 3 is 2.79 bits per heavy atom. The number of amides is 1. The topological polar surface area (TPSA) is 104 Å². The van der Waals surface area contributed by atoms with E-state index in [0.29, 0.717) is 45.0 Å². The summed E-state index contributed by atoms with van der Waals surface area (Å²) in [5, 5.41) is 8.35. The number of allylic oxidation sites excluding steroid dienone is 1. The number of thioether (sulfide) groups is 1. The van der Waals surface area contributed by atoms with E-state index >= 15 is 0 Å². The second-order valence-electron chi connectivity index (χ2n) is 5.99. The summed E-state index contributed by atoms with van der Waals surface area (Å²) in [5.41, 5.74) is 7.57. The van der Waals surface area contributed by atoms with Gasteiger partial charge < -0.3 is 20.5 Å². The number of nitrogens with one attached hydrogen (secondary N) is 1. The minimum absolute atomic E-state index is 0.420. The molecule has 0 saturated carbocycles. The number of aromatic nitrogens is 3. The molecule has 1 aliphatic heterocycles. The first-order valence-electron chi connectivity index (χ1n) is 8.78. The molecule has 2 aromatic rings. The lowest BCUT2D eigenvalue weighted by molar-refractivity contribution is -0.115. The summed E-state index contributed by atoms with van der Waals surface area (Å²) in [6.45, 7) is 6.23. The van der Waals surface area contributed by atoms with Gasteiger partial charge in [0.05, 0.1) is 23.8 Å². The van der Waals surface area contributed by atoms with Crippen LogP contribution in [0.2, 0.25) is 0 Å². The van der Waals surface area contributed by atoms with Gasteiger partial charge >= 0.3 is 0 Å². The van der Waals surface area contributed by atoms with Gasteiger partial charge in [0.1, 0.15) is 6.04 Å². The third kappa shape index (κ3) is 3.70. The molecule has 1 aromatic carbocycles. The molecule has 28 heavy (non-hydrogen) atoms. The quantitative estimate of drug-likeness (QED) is 0.601. The van der Waals surface area contributed by atoms with Crippen LogP contribution in [0, 0.1) is 0 Å². The van der Waals surface area contributed by atoms with E-state index in [1.54, 1.807) is 18.7 Å². The van der Waals surface area contributed by atoms with Gasteiger partial charge in [-0.05, 0) is 53.2 Å². The molecule has 0 spiro atoms. The average Bonchev–Trinajstić information content (AvgIpc) is 3.04. The predicted molar refractivity (Wildman–Crippen MR) is 112 cm³/mol. The molecule has 1 aromatic heterocycles.